The van der Waals surface area contributed by atoms with Crippen molar-refractivity contribution in [2.24, 2.45) is 5.73 Å². The molecular weight excluding hydrogens is 174 g/mol. The molecule has 0 saturated carbocycles. The van der Waals surface area contributed by atoms with Gasteiger partial charge >= 0.3 is 0 Å². The van der Waals surface area contributed by atoms with Gasteiger partial charge in [0.1, 0.15) is 0 Å². The number of hydrogen-bond acceptors (Lipinski definition) is 3. The summed E-state index contributed by atoms with van der Waals surface area (Å²) >= 11 is 0. The molecule has 2 fully saturated rings. The zero-order valence-corrected chi connectivity index (χ0v) is 9.12. The van der Waals surface area contributed by atoms with Crippen molar-refractivity contribution in [1.29, 1.82) is 0 Å². The Kier molecular flexibility index (Phi) is 3.79. The Morgan fingerprint density at radius 2 is 1.57 bits per heavy atom. The van der Waals surface area contributed by atoms with Gasteiger partial charge in [0.05, 0.1) is 0 Å². The van der Waals surface area contributed by atoms with Crippen molar-refractivity contribution < 1.29 is 0 Å². The SMILES string of the molecule is N[C@@H]1CCCN(CCN2CCCC2)C1. The maximum absolute atomic E-state index is 5.95. The molecule has 0 bridgehead atoms. The molecule has 2 aliphatic rings. The molecular formula is C11H23N3. The predicted octanol–water partition coefficient (Wildman–Crippen LogP) is 0.505. The van der Waals surface area contributed by atoms with E-state index in [1.165, 1.54) is 58.4 Å². The van der Waals surface area contributed by atoms with Crippen LogP contribution < -0.4 is 5.73 Å². The fourth-order valence-corrected chi connectivity index (χ4v) is 2.58. The van der Waals surface area contributed by atoms with Gasteiger partial charge in [0, 0.05) is 25.7 Å². The van der Waals surface area contributed by atoms with E-state index in [0.717, 1.165) is 6.54 Å². The molecule has 0 amide bonds. The van der Waals surface area contributed by atoms with Crippen LogP contribution in [0.15, 0.2) is 0 Å². The zero-order valence-electron chi connectivity index (χ0n) is 9.12. The first-order chi connectivity index (χ1) is 6.84. The Morgan fingerprint density at radius 1 is 0.929 bits per heavy atom. The molecule has 0 unspecified atom stereocenters. The van der Waals surface area contributed by atoms with Crippen LogP contribution in [0.4, 0.5) is 0 Å². The minimum Gasteiger partial charge on any atom is -0.327 e. The maximum atomic E-state index is 5.95. The van der Waals surface area contributed by atoms with Crippen LogP contribution >= 0.6 is 0 Å². The highest BCUT2D eigenvalue weighted by Crippen LogP contribution is 2.10. The summed E-state index contributed by atoms with van der Waals surface area (Å²) in [5.74, 6) is 0. The normalized spacial score (nSPS) is 31.1. The van der Waals surface area contributed by atoms with Crippen molar-refractivity contribution in [2.45, 2.75) is 31.7 Å². The molecule has 82 valence electrons. The van der Waals surface area contributed by atoms with Crippen molar-refractivity contribution in [1.82, 2.24) is 9.80 Å². The number of hydrogen-bond donors (Lipinski definition) is 1. The summed E-state index contributed by atoms with van der Waals surface area (Å²) in [7, 11) is 0. The van der Waals surface area contributed by atoms with Crippen LogP contribution in [-0.2, 0) is 0 Å². The van der Waals surface area contributed by atoms with Crippen LogP contribution in [0.25, 0.3) is 0 Å². The number of rotatable bonds is 3. The van der Waals surface area contributed by atoms with Gasteiger partial charge in [-0.2, -0.15) is 0 Å². The van der Waals surface area contributed by atoms with E-state index in [1.54, 1.807) is 0 Å². The van der Waals surface area contributed by atoms with Crippen LogP contribution in [0.2, 0.25) is 0 Å². The van der Waals surface area contributed by atoms with Crippen molar-refractivity contribution in [3.05, 3.63) is 0 Å². The molecule has 0 aromatic carbocycles. The van der Waals surface area contributed by atoms with Crippen molar-refractivity contribution >= 4 is 0 Å². The first-order valence-electron chi connectivity index (χ1n) is 6.05. The zero-order chi connectivity index (χ0) is 9.80. The highest BCUT2D eigenvalue weighted by molar-refractivity contribution is 4.76. The predicted molar refractivity (Wildman–Crippen MR) is 59.3 cm³/mol. The monoisotopic (exact) mass is 197 g/mol. The molecule has 2 saturated heterocycles. The van der Waals surface area contributed by atoms with Gasteiger partial charge < -0.3 is 15.5 Å². The standard InChI is InChI=1S/C11H23N3/c12-11-4-3-7-14(10-11)9-8-13-5-1-2-6-13/h11H,1-10,12H2/t11-/m1/s1. The first kappa shape index (κ1) is 10.4. The lowest BCUT2D eigenvalue weighted by atomic mass is 10.1. The molecule has 2 aliphatic heterocycles. The molecule has 3 nitrogen and oxygen atoms in total. The second-order valence-corrected chi connectivity index (χ2v) is 4.75. The van der Waals surface area contributed by atoms with Gasteiger partial charge in [-0.15, -0.1) is 0 Å². The minimum atomic E-state index is 0.433. The Balaban J connectivity index is 1.64. The molecule has 2 rings (SSSR count). The largest absolute Gasteiger partial charge is 0.327 e. The summed E-state index contributed by atoms with van der Waals surface area (Å²) < 4.78 is 0. The Morgan fingerprint density at radius 3 is 2.29 bits per heavy atom. The van der Waals surface area contributed by atoms with E-state index in [-0.39, 0.29) is 0 Å². The summed E-state index contributed by atoms with van der Waals surface area (Å²) in [6.45, 7) is 7.51. The van der Waals surface area contributed by atoms with E-state index in [2.05, 4.69) is 9.80 Å². The summed E-state index contributed by atoms with van der Waals surface area (Å²) in [6.07, 6.45) is 5.32. The van der Waals surface area contributed by atoms with E-state index in [4.69, 9.17) is 5.73 Å². The van der Waals surface area contributed by atoms with Gasteiger partial charge in [-0.3, -0.25) is 0 Å². The van der Waals surface area contributed by atoms with E-state index in [1.807, 2.05) is 0 Å². The fourth-order valence-electron chi connectivity index (χ4n) is 2.58. The lowest BCUT2D eigenvalue weighted by Crippen LogP contribution is -2.45. The van der Waals surface area contributed by atoms with Crippen LogP contribution in [-0.4, -0.2) is 55.1 Å². The smallest absolute Gasteiger partial charge is 0.0168 e. The van der Waals surface area contributed by atoms with Gasteiger partial charge in [0.2, 0.25) is 0 Å². The number of piperidine rings is 1. The van der Waals surface area contributed by atoms with Crippen molar-refractivity contribution in [3.8, 4) is 0 Å². The van der Waals surface area contributed by atoms with Gasteiger partial charge in [-0.05, 0) is 45.3 Å². The highest BCUT2D eigenvalue weighted by Gasteiger charge is 2.18. The molecule has 0 radical (unpaired) electrons. The number of nitrogens with zero attached hydrogens (tertiary/aromatic N) is 2. The molecule has 2 heterocycles. The Bertz CT molecular complexity index is 166. The summed E-state index contributed by atoms with van der Waals surface area (Å²) in [5.41, 5.74) is 5.95. The quantitative estimate of drug-likeness (QED) is 0.715. The average molecular weight is 197 g/mol. The molecule has 14 heavy (non-hydrogen) atoms. The van der Waals surface area contributed by atoms with Crippen molar-refractivity contribution in [3.63, 3.8) is 0 Å². The third-order valence-electron chi connectivity index (χ3n) is 3.47. The van der Waals surface area contributed by atoms with Gasteiger partial charge in [-0.1, -0.05) is 0 Å². The van der Waals surface area contributed by atoms with Gasteiger partial charge in [-0.25, -0.2) is 0 Å². The summed E-state index contributed by atoms with van der Waals surface area (Å²) in [5, 5.41) is 0. The van der Waals surface area contributed by atoms with Gasteiger partial charge in [0.25, 0.3) is 0 Å². The van der Waals surface area contributed by atoms with Crippen molar-refractivity contribution in [2.75, 3.05) is 39.3 Å². The topological polar surface area (TPSA) is 32.5 Å². The third-order valence-corrected chi connectivity index (χ3v) is 3.47. The molecule has 0 aromatic rings. The maximum Gasteiger partial charge on any atom is 0.0168 e. The number of nitrogens with two attached hydrogens (primary N) is 1. The number of likely N-dealkylation sites (tertiary alicyclic amines) is 2. The molecule has 0 aromatic heterocycles. The van der Waals surface area contributed by atoms with Crippen LogP contribution in [0.1, 0.15) is 25.7 Å². The van der Waals surface area contributed by atoms with Gasteiger partial charge in [0.15, 0.2) is 0 Å². The minimum absolute atomic E-state index is 0.433. The molecule has 0 spiro atoms. The van der Waals surface area contributed by atoms with E-state index >= 15 is 0 Å². The van der Waals surface area contributed by atoms with Crippen LogP contribution in [0.3, 0.4) is 0 Å². The summed E-state index contributed by atoms with van der Waals surface area (Å²) in [6, 6.07) is 0.433. The molecule has 0 aliphatic carbocycles. The first-order valence-corrected chi connectivity index (χ1v) is 6.05. The third kappa shape index (κ3) is 2.94. The summed E-state index contributed by atoms with van der Waals surface area (Å²) in [4.78, 5) is 5.12. The lowest BCUT2D eigenvalue weighted by molar-refractivity contribution is 0.182. The van der Waals surface area contributed by atoms with E-state index in [9.17, 15) is 0 Å². The average Bonchev–Trinajstić information content (AvgIpc) is 2.67. The Labute approximate surface area is 87.2 Å². The van der Waals surface area contributed by atoms with E-state index < -0.39 is 0 Å². The fraction of sp³-hybridized carbons (Fsp3) is 1.00. The highest BCUT2D eigenvalue weighted by atomic mass is 15.2. The molecule has 1 atom stereocenters. The van der Waals surface area contributed by atoms with E-state index in [0.29, 0.717) is 6.04 Å². The van der Waals surface area contributed by atoms with Crippen LogP contribution in [0, 0.1) is 0 Å². The molecule has 3 heteroatoms. The Hall–Kier alpha value is -0.120. The van der Waals surface area contributed by atoms with Crippen LogP contribution in [0.5, 0.6) is 0 Å². The molecule has 2 N–H and O–H groups in total. The second kappa shape index (κ2) is 5.10. The lowest BCUT2D eigenvalue weighted by Gasteiger charge is -2.31. The second-order valence-electron chi connectivity index (χ2n) is 4.75.